The van der Waals surface area contributed by atoms with E-state index in [-0.39, 0.29) is 6.29 Å². The summed E-state index contributed by atoms with van der Waals surface area (Å²) in [6.07, 6.45) is 5.97. The second-order valence-electron chi connectivity index (χ2n) is 5.22. The van der Waals surface area contributed by atoms with Gasteiger partial charge < -0.3 is 15.2 Å². The molecule has 0 unspecified atom stereocenters. The zero-order chi connectivity index (χ0) is 10.7. The van der Waals surface area contributed by atoms with Crippen molar-refractivity contribution in [2.45, 2.75) is 51.4 Å². The summed E-state index contributed by atoms with van der Waals surface area (Å²) in [7, 11) is 0. The first kappa shape index (κ1) is 11.4. The summed E-state index contributed by atoms with van der Waals surface area (Å²) >= 11 is 0. The summed E-state index contributed by atoms with van der Waals surface area (Å²) in [5, 5.41) is 0. The van der Waals surface area contributed by atoms with Crippen molar-refractivity contribution in [3.05, 3.63) is 0 Å². The van der Waals surface area contributed by atoms with E-state index in [1.807, 2.05) is 0 Å². The standard InChI is InChI=1S/C12H23NO2/c1-9-7-14-12(15-8-9)6-10-2-4-11(13)5-3-10/h9-12H,2-8,13H2,1H3. The molecular weight excluding hydrogens is 190 g/mol. The average Bonchev–Trinajstić information content (AvgIpc) is 2.25. The summed E-state index contributed by atoms with van der Waals surface area (Å²) in [6, 6.07) is 0.439. The van der Waals surface area contributed by atoms with Crippen LogP contribution >= 0.6 is 0 Å². The lowest BCUT2D eigenvalue weighted by atomic mass is 9.84. The molecule has 2 N–H and O–H groups in total. The Balaban J connectivity index is 1.68. The molecule has 1 aliphatic heterocycles. The molecule has 15 heavy (non-hydrogen) atoms. The normalized spacial score (nSPS) is 42.8. The number of ether oxygens (including phenoxy) is 2. The molecule has 88 valence electrons. The second kappa shape index (κ2) is 5.28. The Kier molecular flexibility index (Phi) is 4.00. The highest BCUT2D eigenvalue weighted by atomic mass is 16.7. The number of nitrogens with two attached hydrogens (primary N) is 1. The predicted molar refractivity (Wildman–Crippen MR) is 59.4 cm³/mol. The third-order valence-corrected chi connectivity index (χ3v) is 3.55. The topological polar surface area (TPSA) is 44.5 Å². The van der Waals surface area contributed by atoms with E-state index in [4.69, 9.17) is 15.2 Å². The van der Waals surface area contributed by atoms with Gasteiger partial charge in [-0.2, -0.15) is 0 Å². The van der Waals surface area contributed by atoms with Gasteiger partial charge in [0.15, 0.2) is 6.29 Å². The number of hydrogen-bond acceptors (Lipinski definition) is 3. The molecule has 3 nitrogen and oxygen atoms in total. The van der Waals surface area contributed by atoms with Crippen molar-refractivity contribution >= 4 is 0 Å². The second-order valence-corrected chi connectivity index (χ2v) is 5.22. The Morgan fingerprint density at radius 1 is 1.07 bits per heavy atom. The van der Waals surface area contributed by atoms with E-state index in [1.54, 1.807) is 0 Å². The molecule has 0 radical (unpaired) electrons. The summed E-state index contributed by atoms with van der Waals surface area (Å²) < 4.78 is 11.3. The Bertz CT molecular complexity index is 162. The van der Waals surface area contributed by atoms with Gasteiger partial charge in [0.25, 0.3) is 0 Å². The van der Waals surface area contributed by atoms with E-state index in [1.165, 1.54) is 25.7 Å². The van der Waals surface area contributed by atoms with Crippen molar-refractivity contribution in [1.82, 2.24) is 0 Å². The highest BCUT2D eigenvalue weighted by molar-refractivity contribution is 4.75. The van der Waals surface area contributed by atoms with Gasteiger partial charge in [-0.15, -0.1) is 0 Å². The van der Waals surface area contributed by atoms with Gasteiger partial charge in [-0.05, 0) is 31.6 Å². The van der Waals surface area contributed by atoms with E-state index >= 15 is 0 Å². The van der Waals surface area contributed by atoms with Crippen LogP contribution in [0, 0.1) is 11.8 Å². The quantitative estimate of drug-likeness (QED) is 0.762. The fraction of sp³-hybridized carbons (Fsp3) is 1.00. The van der Waals surface area contributed by atoms with E-state index in [2.05, 4.69) is 6.92 Å². The van der Waals surface area contributed by atoms with Crippen LogP contribution in [0.4, 0.5) is 0 Å². The molecule has 0 bridgehead atoms. The molecule has 1 heterocycles. The van der Waals surface area contributed by atoms with Gasteiger partial charge in [-0.3, -0.25) is 0 Å². The molecule has 0 spiro atoms. The van der Waals surface area contributed by atoms with E-state index in [0.29, 0.717) is 12.0 Å². The maximum Gasteiger partial charge on any atom is 0.157 e. The minimum Gasteiger partial charge on any atom is -0.352 e. The lowest BCUT2D eigenvalue weighted by Crippen LogP contribution is -2.34. The maximum atomic E-state index is 5.89. The van der Waals surface area contributed by atoms with E-state index < -0.39 is 0 Å². The van der Waals surface area contributed by atoms with Crippen LogP contribution in [-0.4, -0.2) is 25.5 Å². The van der Waals surface area contributed by atoms with E-state index in [9.17, 15) is 0 Å². The Morgan fingerprint density at radius 3 is 2.27 bits per heavy atom. The third kappa shape index (κ3) is 3.44. The fourth-order valence-corrected chi connectivity index (χ4v) is 2.47. The van der Waals surface area contributed by atoms with Crippen molar-refractivity contribution < 1.29 is 9.47 Å². The van der Waals surface area contributed by atoms with Crippen LogP contribution in [0.25, 0.3) is 0 Å². The van der Waals surface area contributed by atoms with Crippen LogP contribution in [-0.2, 0) is 9.47 Å². The molecule has 2 rings (SSSR count). The largest absolute Gasteiger partial charge is 0.352 e. The van der Waals surface area contributed by atoms with Crippen LogP contribution in [0.5, 0.6) is 0 Å². The van der Waals surface area contributed by atoms with Crippen LogP contribution in [0.3, 0.4) is 0 Å². The van der Waals surface area contributed by atoms with Crippen LogP contribution in [0.1, 0.15) is 39.0 Å². The van der Waals surface area contributed by atoms with Crippen LogP contribution in [0.15, 0.2) is 0 Å². The smallest absolute Gasteiger partial charge is 0.157 e. The summed E-state index contributed by atoms with van der Waals surface area (Å²) in [6.45, 7) is 3.88. The molecule has 1 saturated carbocycles. The SMILES string of the molecule is CC1COC(CC2CCC(N)CC2)OC1. The Morgan fingerprint density at radius 2 is 1.67 bits per heavy atom. The molecule has 0 amide bonds. The van der Waals surface area contributed by atoms with Gasteiger partial charge in [0.1, 0.15) is 0 Å². The van der Waals surface area contributed by atoms with Crippen LogP contribution in [0.2, 0.25) is 0 Å². The minimum absolute atomic E-state index is 0.0560. The molecule has 0 aromatic heterocycles. The Hall–Kier alpha value is -0.120. The fourth-order valence-electron chi connectivity index (χ4n) is 2.47. The monoisotopic (exact) mass is 213 g/mol. The van der Waals surface area contributed by atoms with Crippen molar-refractivity contribution in [2.24, 2.45) is 17.6 Å². The average molecular weight is 213 g/mol. The molecule has 0 aromatic carbocycles. The number of hydrogen-bond donors (Lipinski definition) is 1. The first-order valence-corrected chi connectivity index (χ1v) is 6.23. The van der Waals surface area contributed by atoms with Gasteiger partial charge in [-0.25, -0.2) is 0 Å². The predicted octanol–water partition coefficient (Wildman–Crippen LogP) is 1.90. The molecule has 2 aliphatic rings. The summed E-state index contributed by atoms with van der Waals surface area (Å²) in [5.74, 6) is 1.32. The van der Waals surface area contributed by atoms with Gasteiger partial charge in [0.05, 0.1) is 13.2 Å². The van der Waals surface area contributed by atoms with Crippen molar-refractivity contribution in [3.8, 4) is 0 Å². The molecule has 3 heteroatoms. The van der Waals surface area contributed by atoms with Gasteiger partial charge in [-0.1, -0.05) is 6.92 Å². The minimum atomic E-state index is 0.0560. The molecule has 0 aromatic rings. The van der Waals surface area contributed by atoms with Crippen molar-refractivity contribution in [1.29, 1.82) is 0 Å². The van der Waals surface area contributed by atoms with E-state index in [0.717, 1.165) is 25.6 Å². The highest BCUT2D eigenvalue weighted by Crippen LogP contribution is 2.29. The Labute approximate surface area is 92.3 Å². The molecule has 1 aliphatic carbocycles. The van der Waals surface area contributed by atoms with Crippen molar-refractivity contribution in [2.75, 3.05) is 13.2 Å². The lowest BCUT2D eigenvalue weighted by molar-refractivity contribution is -0.205. The van der Waals surface area contributed by atoms with Crippen molar-refractivity contribution in [3.63, 3.8) is 0 Å². The molecule has 1 saturated heterocycles. The molecule has 2 fully saturated rings. The zero-order valence-electron chi connectivity index (χ0n) is 9.65. The molecular formula is C12H23NO2. The van der Waals surface area contributed by atoms with Gasteiger partial charge in [0.2, 0.25) is 0 Å². The molecule has 0 atom stereocenters. The zero-order valence-corrected chi connectivity index (χ0v) is 9.65. The summed E-state index contributed by atoms with van der Waals surface area (Å²) in [5.41, 5.74) is 5.89. The lowest BCUT2D eigenvalue weighted by Gasteiger charge is -2.32. The maximum absolute atomic E-state index is 5.89. The van der Waals surface area contributed by atoms with Gasteiger partial charge in [0, 0.05) is 18.4 Å². The number of rotatable bonds is 2. The first-order chi connectivity index (χ1) is 7.24. The van der Waals surface area contributed by atoms with Gasteiger partial charge >= 0.3 is 0 Å². The third-order valence-electron chi connectivity index (χ3n) is 3.55. The van der Waals surface area contributed by atoms with Crippen LogP contribution < -0.4 is 5.73 Å². The highest BCUT2D eigenvalue weighted by Gasteiger charge is 2.25. The summed E-state index contributed by atoms with van der Waals surface area (Å²) in [4.78, 5) is 0. The first-order valence-electron chi connectivity index (χ1n) is 6.23.